The monoisotopic (exact) mass is 167 g/mol. The maximum absolute atomic E-state index is 5.54. The molecule has 1 nitrogen and oxygen atoms in total. The van der Waals surface area contributed by atoms with E-state index in [4.69, 9.17) is 5.73 Å². The second-order valence-electron chi connectivity index (χ2n) is 3.21. The molecule has 0 saturated carbocycles. The molecule has 0 aromatic carbocycles. The van der Waals surface area contributed by atoms with Gasteiger partial charge in [0.05, 0.1) is 0 Å². The van der Waals surface area contributed by atoms with Gasteiger partial charge in [0, 0.05) is 0 Å². The molecule has 0 rings (SSSR count). The van der Waals surface area contributed by atoms with Crippen molar-refractivity contribution in [1.82, 2.24) is 0 Å². The smallest absolute Gasteiger partial charge is 0.00142 e. The van der Waals surface area contributed by atoms with Crippen LogP contribution in [0.25, 0.3) is 0 Å². The Morgan fingerprint density at radius 1 is 1.58 bits per heavy atom. The topological polar surface area (TPSA) is 26.0 Å². The molecular weight excluding hydrogens is 146 g/mol. The first kappa shape index (κ1) is 11.4. The van der Waals surface area contributed by atoms with Gasteiger partial charge in [0.25, 0.3) is 0 Å². The number of rotatable bonds is 6. The summed E-state index contributed by atoms with van der Waals surface area (Å²) in [5.74, 6) is 0.492. The van der Waals surface area contributed by atoms with Crippen LogP contribution in [0, 0.1) is 5.92 Å². The average molecular weight is 167 g/mol. The highest BCUT2D eigenvalue weighted by atomic mass is 14.5. The van der Waals surface area contributed by atoms with Gasteiger partial charge in [0.15, 0.2) is 0 Å². The molecule has 0 spiro atoms. The third kappa shape index (κ3) is 5.14. The first-order valence-corrected chi connectivity index (χ1v) is 4.72. The molecule has 12 heavy (non-hydrogen) atoms. The Kier molecular flexibility index (Phi) is 6.78. The predicted octanol–water partition coefficient (Wildman–Crippen LogP) is 2.88. The zero-order valence-corrected chi connectivity index (χ0v) is 8.34. The zero-order valence-electron chi connectivity index (χ0n) is 8.34. The Labute approximate surface area is 76.3 Å². The number of hydrogen-bond donors (Lipinski definition) is 1. The lowest BCUT2D eigenvalue weighted by molar-refractivity contribution is 0.609. The minimum atomic E-state index is 0.492. The Morgan fingerprint density at radius 3 is 2.67 bits per heavy atom. The van der Waals surface area contributed by atoms with Crippen molar-refractivity contribution in [3.8, 4) is 0 Å². The van der Waals surface area contributed by atoms with Crippen molar-refractivity contribution in [3.05, 3.63) is 24.3 Å². The molecule has 2 N–H and O–H groups in total. The Bertz CT molecular complexity index is 147. The predicted molar refractivity (Wildman–Crippen MR) is 56.0 cm³/mol. The summed E-state index contributed by atoms with van der Waals surface area (Å²) in [6, 6.07) is 0. The van der Waals surface area contributed by atoms with E-state index in [-0.39, 0.29) is 0 Å². The van der Waals surface area contributed by atoms with E-state index >= 15 is 0 Å². The lowest BCUT2D eigenvalue weighted by Gasteiger charge is -2.06. The molecule has 0 aliphatic heterocycles. The van der Waals surface area contributed by atoms with Gasteiger partial charge >= 0.3 is 0 Å². The van der Waals surface area contributed by atoms with E-state index in [0.29, 0.717) is 5.92 Å². The summed E-state index contributed by atoms with van der Waals surface area (Å²) < 4.78 is 0. The molecule has 0 aliphatic carbocycles. The van der Waals surface area contributed by atoms with Crippen molar-refractivity contribution >= 4 is 0 Å². The highest BCUT2D eigenvalue weighted by Crippen LogP contribution is 2.09. The van der Waals surface area contributed by atoms with Crippen molar-refractivity contribution in [2.24, 2.45) is 11.7 Å². The van der Waals surface area contributed by atoms with Crippen LogP contribution in [-0.2, 0) is 0 Å². The van der Waals surface area contributed by atoms with Gasteiger partial charge in [-0.25, -0.2) is 0 Å². The van der Waals surface area contributed by atoms with Gasteiger partial charge in [-0.15, -0.1) is 6.58 Å². The molecule has 0 bridgehead atoms. The van der Waals surface area contributed by atoms with E-state index in [1.54, 1.807) is 0 Å². The van der Waals surface area contributed by atoms with Crippen molar-refractivity contribution in [2.75, 3.05) is 6.54 Å². The second-order valence-corrected chi connectivity index (χ2v) is 3.21. The molecular formula is C11H21N. The molecule has 1 heteroatoms. The highest BCUT2D eigenvalue weighted by Gasteiger charge is 1.98. The molecule has 0 heterocycles. The maximum atomic E-state index is 5.54. The fraction of sp³-hybridized carbons (Fsp3) is 0.636. The Hall–Kier alpha value is -0.560. The number of allylic oxidation sites excluding steroid dienone is 2. The third-order valence-corrected chi connectivity index (χ3v) is 2.22. The summed E-state index contributed by atoms with van der Waals surface area (Å²) in [5.41, 5.74) is 7.01. The third-order valence-electron chi connectivity index (χ3n) is 2.22. The summed E-state index contributed by atoms with van der Waals surface area (Å²) in [6.07, 6.45) is 7.67. The number of nitrogens with two attached hydrogens (primary N) is 1. The lowest BCUT2D eigenvalue weighted by atomic mass is 10.0. The summed E-state index contributed by atoms with van der Waals surface area (Å²) in [7, 11) is 0. The van der Waals surface area contributed by atoms with Crippen molar-refractivity contribution < 1.29 is 0 Å². The molecule has 0 aliphatic rings. The summed E-state index contributed by atoms with van der Waals surface area (Å²) in [6.45, 7) is 8.83. The van der Waals surface area contributed by atoms with Crippen LogP contribution < -0.4 is 5.73 Å². The van der Waals surface area contributed by atoms with Crippen molar-refractivity contribution in [3.63, 3.8) is 0 Å². The summed E-state index contributed by atoms with van der Waals surface area (Å²) in [5, 5.41) is 0. The van der Waals surface area contributed by atoms with Gasteiger partial charge < -0.3 is 5.73 Å². The lowest BCUT2D eigenvalue weighted by Crippen LogP contribution is -2.11. The SMILES string of the molecule is C=CC(CN)CC/C=C(\C)CC. The van der Waals surface area contributed by atoms with Gasteiger partial charge in [0.2, 0.25) is 0 Å². The van der Waals surface area contributed by atoms with Crippen LogP contribution in [-0.4, -0.2) is 6.54 Å². The van der Waals surface area contributed by atoms with E-state index in [0.717, 1.165) is 25.8 Å². The Balaban J connectivity index is 3.60. The van der Waals surface area contributed by atoms with Crippen LogP contribution in [0.1, 0.15) is 33.1 Å². The van der Waals surface area contributed by atoms with Gasteiger partial charge in [-0.3, -0.25) is 0 Å². The normalized spacial score (nSPS) is 14.4. The summed E-state index contributed by atoms with van der Waals surface area (Å²) >= 11 is 0. The fourth-order valence-electron chi connectivity index (χ4n) is 1.02. The molecule has 0 radical (unpaired) electrons. The molecule has 0 aromatic heterocycles. The van der Waals surface area contributed by atoms with Gasteiger partial charge in [0.1, 0.15) is 0 Å². The standard InChI is InChI=1S/C11H21N/c1-4-10(3)7-6-8-11(5-2)9-12/h5,7,11H,2,4,6,8-9,12H2,1,3H3/b10-7+. The highest BCUT2D eigenvalue weighted by molar-refractivity contribution is 4.97. The average Bonchev–Trinajstić information content (AvgIpc) is 2.12. The van der Waals surface area contributed by atoms with E-state index in [1.807, 2.05) is 6.08 Å². The molecule has 0 amide bonds. The fourth-order valence-corrected chi connectivity index (χ4v) is 1.02. The van der Waals surface area contributed by atoms with Gasteiger partial charge in [-0.1, -0.05) is 24.6 Å². The molecule has 1 atom stereocenters. The minimum Gasteiger partial charge on any atom is -0.330 e. The van der Waals surface area contributed by atoms with Crippen molar-refractivity contribution in [1.29, 1.82) is 0 Å². The van der Waals surface area contributed by atoms with Crippen LogP contribution in [0.4, 0.5) is 0 Å². The van der Waals surface area contributed by atoms with Crippen LogP contribution >= 0.6 is 0 Å². The second kappa shape index (κ2) is 7.11. The van der Waals surface area contributed by atoms with Crippen LogP contribution in [0.5, 0.6) is 0 Å². The minimum absolute atomic E-state index is 0.492. The molecule has 0 aromatic rings. The van der Waals surface area contributed by atoms with Crippen molar-refractivity contribution in [2.45, 2.75) is 33.1 Å². The van der Waals surface area contributed by atoms with E-state index in [9.17, 15) is 0 Å². The van der Waals surface area contributed by atoms with E-state index < -0.39 is 0 Å². The molecule has 70 valence electrons. The van der Waals surface area contributed by atoms with Gasteiger partial charge in [-0.05, 0) is 38.6 Å². The van der Waals surface area contributed by atoms with Crippen LogP contribution in [0.2, 0.25) is 0 Å². The molecule has 0 saturated heterocycles. The largest absolute Gasteiger partial charge is 0.330 e. The first-order chi connectivity index (χ1) is 5.74. The summed E-state index contributed by atoms with van der Waals surface area (Å²) in [4.78, 5) is 0. The van der Waals surface area contributed by atoms with E-state index in [1.165, 1.54) is 5.57 Å². The van der Waals surface area contributed by atoms with Gasteiger partial charge in [-0.2, -0.15) is 0 Å². The first-order valence-electron chi connectivity index (χ1n) is 4.72. The molecule has 0 fully saturated rings. The number of hydrogen-bond acceptors (Lipinski definition) is 1. The quantitative estimate of drug-likeness (QED) is 0.605. The van der Waals surface area contributed by atoms with Crippen LogP contribution in [0.15, 0.2) is 24.3 Å². The molecule has 1 unspecified atom stereocenters. The maximum Gasteiger partial charge on any atom is -0.00142 e. The Morgan fingerprint density at radius 2 is 2.25 bits per heavy atom. The van der Waals surface area contributed by atoms with Crippen LogP contribution in [0.3, 0.4) is 0 Å². The zero-order chi connectivity index (χ0) is 9.40. The van der Waals surface area contributed by atoms with E-state index in [2.05, 4.69) is 26.5 Å².